The van der Waals surface area contributed by atoms with Gasteiger partial charge in [0, 0.05) is 55.9 Å². The van der Waals surface area contributed by atoms with E-state index < -0.39 is 64.8 Å². The zero-order valence-electron chi connectivity index (χ0n) is 35.1. The zero-order valence-corrected chi connectivity index (χ0v) is 41.1. The van der Waals surface area contributed by atoms with Crippen LogP contribution >= 0.6 is 15.9 Å². The summed E-state index contributed by atoms with van der Waals surface area (Å²) in [6.45, 7) is 16.1. The molecule has 26 heteroatoms. The van der Waals surface area contributed by atoms with E-state index >= 15 is 0 Å². The molecule has 0 unspecified atom stereocenters. The Hall–Kier alpha value is 0.206. The van der Waals surface area contributed by atoms with E-state index in [9.17, 15) is 52.7 Å². The number of benzene rings is 2. The maximum Gasteiger partial charge on any atom is 2.00 e. The van der Waals surface area contributed by atoms with Gasteiger partial charge >= 0.3 is 88.7 Å². The molecule has 0 spiro atoms. The first kappa shape index (κ1) is 78.4. The van der Waals surface area contributed by atoms with E-state index in [0.717, 1.165) is 0 Å². The smallest absolute Gasteiger partial charge is 1.00 e. The van der Waals surface area contributed by atoms with Gasteiger partial charge in [0.1, 0.15) is 0 Å². The molecule has 0 saturated carbocycles. The summed E-state index contributed by atoms with van der Waals surface area (Å²) in [5.74, 6) is 0. The molecule has 0 fully saturated rings. The first-order valence-electron chi connectivity index (χ1n) is 16.6. The Morgan fingerprint density at radius 1 is 0.459 bits per heavy atom. The molecule has 8 nitrogen and oxygen atoms in total. The quantitative estimate of drug-likeness (QED) is 0.132. The Kier molecular flexibility index (Phi) is 47.9. The summed E-state index contributed by atoms with van der Waals surface area (Å²) in [5.41, 5.74) is -5.51. The molecule has 0 aromatic heterocycles. The maximum absolute atomic E-state index is 13.0. The second kappa shape index (κ2) is 37.3. The molecule has 0 radical (unpaired) electrons. The van der Waals surface area contributed by atoms with Crippen LogP contribution in [0.15, 0.2) is 40.9 Å². The Morgan fingerprint density at radius 2 is 0.656 bits per heavy atom. The van der Waals surface area contributed by atoms with Gasteiger partial charge in [-0.1, -0.05) is 45.1 Å². The molecule has 358 valence electrons. The van der Waals surface area contributed by atoms with Crippen molar-refractivity contribution in [2.45, 2.75) is 102 Å². The standard InChI is InChI=1S/C14H18F6O3Si.C8H3BrF6.C8H20O4Si.C2H5O.3CH4.BrH.2Mg.2H/c1-4-21-24(22-5-2,23-6-3)12-8-10(13(15,16)17)7-11(9-12)14(18,19)20;9-6-2-4(7(10,11)12)1-5(3-6)8(13,14)15;1-5-9-13(10-6-2,11-7-3)12-8-4;1-2-3;;;;;;;;/h7-9H,4-6H2,1-3H3;1-3H;5-8H2,1-4H3;2H2,1H3;3*1H4;1H;;;;/q;;;-1;;;;;2*+2;2*-1/p-1. The Bertz CT molecular complexity index is 1270. The van der Waals surface area contributed by atoms with Crippen LogP contribution in [0.5, 0.6) is 0 Å². The molecular formula is C35H60Br2F12Mg2O8Si2. The van der Waals surface area contributed by atoms with Crippen molar-refractivity contribution in [3.8, 4) is 0 Å². The summed E-state index contributed by atoms with van der Waals surface area (Å²) in [6.07, 6.45) is -19.5. The van der Waals surface area contributed by atoms with E-state index in [1.807, 2.05) is 27.7 Å². The average Bonchev–Trinajstić information content (AvgIpc) is 3.04. The van der Waals surface area contributed by atoms with E-state index in [0.29, 0.717) is 50.7 Å². The zero-order chi connectivity index (χ0) is 43.3. The van der Waals surface area contributed by atoms with Crippen molar-refractivity contribution in [2.24, 2.45) is 0 Å². The van der Waals surface area contributed by atoms with Gasteiger partial charge in [-0.2, -0.15) is 52.7 Å². The van der Waals surface area contributed by atoms with Crippen LogP contribution in [0.4, 0.5) is 52.7 Å². The molecule has 2 aromatic rings. The van der Waals surface area contributed by atoms with E-state index in [1.54, 1.807) is 27.7 Å². The molecule has 0 N–H and O–H groups in total. The fraction of sp³-hybridized carbons (Fsp3) is 0.657. The minimum Gasteiger partial charge on any atom is -1.00 e. The fourth-order valence-corrected chi connectivity index (χ4v) is 8.91. The predicted molar refractivity (Wildman–Crippen MR) is 218 cm³/mol. The fourth-order valence-electron chi connectivity index (χ4n) is 3.95. The van der Waals surface area contributed by atoms with Gasteiger partial charge in [0.25, 0.3) is 0 Å². The molecule has 61 heavy (non-hydrogen) atoms. The van der Waals surface area contributed by atoms with Crippen molar-refractivity contribution < 1.29 is 109 Å². The molecule has 0 atom stereocenters. The van der Waals surface area contributed by atoms with Crippen molar-refractivity contribution >= 4 is 85.1 Å². The summed E-state index contributed by atoms with van der Waals surface area (Å²) in [7, 11) is -6.69. The minimum absolute atomic E-state index is 0. The van der Waals surface area contributed by atoms with Crippen LogP contribution in [0, 0.1) is 0 Å². The second-order valence-corrected chi connectivity index (χ2v) is 15.5. The number of rotatable bonds is 15. The molecule has 0 aliphatic carbocycles. The normalized spacial score (nSPS) is 11.3. The van der Waals surface area contributed by atoms with Crippen molar-refractivity contribution in [3.63, 3.8) is 0 Å². The summed E-state index contributed by atoms with van der Waals surface area (Å²) < 4.78 is 189. The van der Waals surface area contributed by atoms with E-state index in [4.69, 9.17) is 36.1 Å². The van der Waals surface area contributed by atoms with Crippen LogP contribution in [-0.2, 0) is 55.7 Å². The minimum atomic E-state index is -4.94. The topological polar surface area (TPSA) is 87.7 Å². The van der Waals surface area contributed by atoms with Gasteiger partial charge < -0.3 is 55.9 Å². The van der Waals surface area contributed by atoms with Crippen molar-refractivity contribution in [2.75, 3.05) is 52.9 Å². The van der Waals surface area contributed by atoms with Crippen LogP contribution in [0.1, 0.15) is 103 Å². The van der Waals surface area contributed by atoms with Crippen LogP contribution in [0.25, 0.3) is 0 Å². The van der Waals surface area contributed by atoms with E-state index in [-0.39, 0.29) is 136 Å². The Balaban J connectivity index is -0.0000000796. The molecule has 0 aliphatic rings. The Labute approximate surface area is 409 Å². The third kappa shape index (κ3) is 30.2. The maximum atomic E-state index is 13.0. The number of alkyl halides is 12. The summed E-state index contributed by atoms with van der Waals surface area (Å²) in [6, 6.07) is 2.52. The largest absolute Gasteiger partial charge is 2.00 e. The third-order valence-electron chi connectivity index (χ3n) is 5.78. The van der Waals surface area contributed by atoms with E-state index in [2.05, 4.69) is 15.9 Å². The third-order valence-corrected chi connectivity index (χ3v) is 11.8. The second-order valence-electron chi connectivity index (χ2n) is 9.89. The monoisotopic (exact) mass is 1100 g/mol. The number of halogens is 14. The van der Waals surface area contributed by atoms with Crippen molar-refractivity contribution in [3.05, 3.63) is 63.1 Å². The SMILES string of the molecule is C.C.C.CCO[Si](OCC)(OCC)OCC.CCO[Si](OCC)(OCC)c1cc(C(F)(F)F)cc(C(F)(F)F)c1.CC[O-].FC(F)(F)c1cc(Br)cc(C(F)(F)F)c1.[Br-].[H-].[H-].[Mg+2].[Mg+2]. The summed E-state index contributed by atoms with van der Waals surface area (Å²) in [5, 5.41) is 8.56. The van der Waals surface area contributed by atoms with Crippen LogP contribution in [0.3, 0.4) is 0 Å². The van der Waals surface area contributed by atoms with Crippen LogP contribution in [0.2, 0.25) is 0 Å². The molecule has 0 bridgehead atoms. The molecule has 0 amide bonds. The summed E-state index contributed by atoms with van der Waals surface area (Å²) >= 11 is 2.60. The van der Waals surface area contributed by atoms with Gasteiger partial charge in [0.05, 0.1) is 22.3 Å². The number of hydrogen-bond acceptors (Lipinski definition) is 8. The number of hydrogen-bond donors (Lipinski definition) is 0. The van der Waals surface area contributed by atoms with Crippen molar-refractivity contribution in [1.29, 1.82) is 0 Å². The first-order valence-corrected chi connectivity index (χ1v) is 20.7. The molecule has 0 aliphatic heterocycles. The van der Waals surface area contributed by atoms with Crippen LogP contribution < -0.4 is 27.3 Å². The molecule has 0 heterocycles. The van der Waals surface area contributed by atoms with Gasteiger partial charge in [-0.15, -0.1) is 6.61 Å². The predicted octanol–water partition coefficient (Wildman–Crippen LogP) is 7.78. The van der Waals surface area contributed by atoms with Gasteiger partial charge in [0.2, 0.25) is 0 Å². The average molecular weight is 1100 g/mol. The molecule has 2 rings (SSSR count). The van der Waals surface area contributed by atoms with Crippen LogP contribution in [-0.4, -0.2) is 117 Å². The van der Waals surface area contributed by atoms with Gasteiger partial charge in [-0.3, -0.25) is 0 Å². The van der Waals surface area contributed by atoms with Gasteiger partial charge in [0.15, 0.2) is 0 Å². The summed E-state index contributed by atoms with van der Waals surface area (Å²) in [4.78, 5) is 0. The van der Waals surface area contributed by atoms with Crippen molar-refractivity contribution in [1.82, 2.24) is 0 Å². The van der Waals surface area contributed by atoms with Gasteiger partial charge in [-0.25, -0.2) is 0 Å². The first-order chi connectivity index (χ1) is 25.3. The molecule has 2 aromatic carbocycles. The molecule has 0 saturated heterocycles. The Morgan fingerprint density at radius 3 is 0.836 bits per heavy atom. The van der Waals surface area contributed by atoms with Gasteiger partial charge in [-0.05, 0) is 84.9 Å². The van der Waals surface area contributed by atoms with E-state index in [1.165, 1.54) is 0 Å². The molecular weight excluding hydrogens is 1040 g/mol.